The van der Waals surface area contributed by atoms with Crippen LogP contribution in [0.25, 0.3) is 0 Å². The largest absolute Gasteiger partial charge is 0.480 e. The van der Waals surface area contributed by atoms with E-state index in [-0.39, 0.29) is 13.2 Å². The number of primary amides is 1. The molecule has 0 aliphatic heterocycles. The molecule has 8 nitrogen and oxygen atoms in total. The Balaban J connectivity index is 2.46. The van der Waals surface area contributed by atoms with Crippen molar-refractivity contribution in [3.05, 3.63) is 0 Å². The Kier molecular flexibility index (Phi) is 6.26. The molecule has 3 amide bonds. The second kappa shape index (κ2) is 7.70. The SMILES string of the molecule is CCC1CCC(NC(=O)NCCOC(N)=O)(C(=O)O)CC1. The van der Waals surface area contributed by atoms with E-state index in [4.69, 9.17) is 5.73 Å². The number of aliphatic carboxylic acids is 1. The Labute approximate surface area is 123 Å². The predicted molar refractivity (Wildman–Crippen MR) is 74.7 cm³/mol. The second-order valence-corrected chi connectivity index (χ2v) is 5.29. The highest BCUT2D eigenvalue weighted by atomic mass is 16.5. The van der Waals surface area contributed by atoms with Gasteiger partial charge in [0, 0.05) is 0 Å². The van der Waals surface area contributed by atoms with Crippen molar-refractivity contribution < 1.29 is 24.2 Å². The minimum Gasteiger partial charge on any atom is -0.480 e. The monoisotopic (exact) mass is 301 g/mol. The average molecular weight is 301 g/mol. The van der Waals surface area contributed by atoms with Crippen molar-refractivity contribution in [2.45, 2.75) is 44.6 Å². The fraction of sp³-hybridized carbons (Fsp3) is 0.769. The Hall–Kier alpha value is -1.99. The quantitative estimate of drug-likeness (QED) is 0.539. The van der Waals surface area contributed by atoms with Crippen molar-refractivity contribution >= 4 is 18.1 Å². The van der Waals surface area contributed by atoms with Gasteiger partial charge >= 0.3 is 18.1 Å². The molecule has 0 unspecified atom stereocenters. The van der Waals surface area contributed by atoms with Crippen LogP contribution < -0.4 is 16.4 Å². The first-order chi connectivity index (χ1) is 9.89. The third-order valence-corrected chi connectivity index (χ3v) is 3.93. The van der Waals surface area contributed by atoms with Crippen molar-refractivity contribution in [3.63, 3.8) is 0 Å². The lowest BCUT2D eigenvalue weighted by atomic mass is 9.75. The number of ether oxygens (including phenoxy) is 1. The zero-order chi connectivity index (χ0) is 15.9. The Morgan fingerprint density at radius 1 is 1.33 bits per heavy atom. The van der Waals surface area contributed by atoms with Gasteiger partial charge in [-0.15, -0.1) is 0 Å². The van der Waals surface area contributed by atoms with Crippen LogP contribution in [-0.2, 0) is 9.53 Å². The van der Waals surface area contributed by atoms with E-state index in [1.807, 2.05) is 0 Å². The van der Waals surface area contributed by atoms with E-state index in [0.29, 0.717) is 18.8 Å². The minimum atomic E-state index is -1.21. The summed E-state index contributed by atoms with van der Waals surface area (Å²) in [5.74, 6) is -0.494. The molecule has 0 bridgehead atoms. The van der Waals surface area contributed by atoms with Gasteiger partial charge in [0.15, 0.2) is 0 Å². The highest BCUT2D eigenvalue weighted by Gasteiger charge is 2.42. The average Bonchev–Trinajstić information content (AvgIpc) is 2.44. The van der Waals surface area contributed by atoms with Crippen LogP contribution in [0.4, 0.5) is 9.59 Å². The smallest absolute Gasteiger partial charge is 0.404 e. The summed E-state index contributed by atoms with van der Waals surface area (Å²) in [7, 11) is 0. The van der Waals surface area contributed by atoms with Crippen molar-refractivity contribution in [2.75, 3.05) is 13.2 Å². The van der Waals surface area contributed by atoms with Gasteiger partial charge in [0.25, 0.3) is 0 Å². The summed E-state index contributed by atoms with van der Waals surface area (Å²) in [5, 5.41) is 14.4. The first-order valence-corrected chi connectivity index (χ1v) is 7.11. The number of carbonyl (C=O) groups excluding carboxylic acids is 2. The van der Waals surface area contributed by atoms with Crippen LogP contribution in [0.5, 0.6) is 0 Å². The third-order valence-electron chi connectivity index (χ3n) is 3.93. The van der Waals surface area contributed by atoms with Crippen molar-refractivity contribution in [2.24, 2.45) is 11.7 Å². The molecule has 0 radical (unpaired) electrons. The van der Waals surface area contributed by atoms with Gasteiger partial charge in [0.05, 0.1) is 6.54 Å². The normalized spacial score (nSPS) is 24.9. The van der Waals surface area contributed by atoms with E-state index in [0.717, 1.165) is 19.3 Å². The molecule has 1 fully saturated rings. The van der Waals surface area contributed by atoms with E-state index >= 15 is 0 Å². The first-order valence-electron chi connectivity index (χ1n) is 7.11. The van der Waals surface area contributed by atoms with Crippen molar-refractivity contribution in [3.8, 4) is 0 Å². The summed E-state index contributed by atoms with van der Waals surface area (Å²) in [4.78, 5) is 33.6. The lowest BCUT2D eigenvalue weighted by Gasteiger charge is -2.37. The van der Waals surface area contributed by atoms with Gasteiger partial charge in [-0.2, -0.15) is 0 Å². The number of carboxylic acids is 1. The van der Waals surface area contributed by atoms with Crippen LogP contribution in [0.3, 0.4) is 0 Å². The summed E-state index contributed by atoms with van der Waals surface area (Å²) < 4.78 is 4.46. The highest BCUT2D eigenvalue weighted by molar-refractivity contribution is 5.86. The van der Waals surface area contributed by atoms with Crippen molar-refractivity contribution in [1.82, 2.24) is 10.6 Å². The minimum absolute atomic E-state index is 0.0548. The second-order valence-electron chi connectivity index (χ2n) is 5.29. The summed E-state index contributed by atoms with van der Waals surface area (Å²) in [6.07, 6.45) is 2.52. The standard InChI is InChI=1S/C13H23N3O5/c1-2-9-3-5-13(6-4-9,10(17)18)16-12(20)15-7-8-21-11(14)19/h9H,2-8H2,1H3,(H2,14,19)(H,17,18)(H2,15,16,20). The fourth-order valence-electron chi connectivity index (χ4n) is 2.55. The number of amides is 3. The number of urea groups is 1. The molecule has 120 valence electrons. The summed E-state index contributed by atoms with van der Waals surface area (Å²) in [5.41, 5.74) is 3.57. The Morgan fingerprint density at radius 2 is 1.95 bits per heavy atom. The maximum absolute atomic E-state index is 11.8. The van der Waals surface area contributed by atoms with E-state index in [9.17, 15) is 19.5 Å². The van der Waals surface area contributed by atoms with E-state index in [1.165, 1.54) is 0 Å². The summed E-state index contributed by atoms with van der Waals surface area (Å²) in [6.45, 7) is 2.10. The van der Waals surface area contributed by atoms with Crippen LogP contribution in [0.1, 0.15) is 39.0 Å². The van der Waals surface area contributed by atoms with Gasteiger partial charge < -0.3 is 26.2 Å². The molecule has 8 heteroatoms. The number of carbonyl (C=O) groups is 3. The molecule has 0 aromatic carbocycles. The summed E-state index contributed by atoms with van der Waals surface area (Å²) in [6, 6.07) is -0.583. The third kappa shape index (κ3) is 5.13. The van der Waals surface area contributed by atoms with E-state index < -0.39 is 23.6 Å². The first kappa shape index (κ1) is 17.1. The molecule has 21 heavy (non-hydrogen) atoms. The molecule has 0 atom stereocenters. The lowest BCUT2D eigenvalue weighted by molar-refractivity contribution is -0.146. The predicted octanol–water partition coefficient (Wildman–Crippen LogP) is 0.805. The number of rotatable bonds is 6. The molecule has 0 saturated heterocycles. The van der Waals surface area contributed by atoms with E-state index in [1.54, 1.807) is 0 Å². The number of nitrogens with one attached hydrogen (secondary N) is 2. The van der Waals surface area contributed by atoms with Gasteiger partial charge in [-0.1, -0.05) is 13.3 Å². The lowest BCUT2D eigenvalue weighted by Crippen LogP contribution is -2.58. The van der Waals surface area contributed by atoms with Gasteiger partial charge in [-0.3, -0.25) is 0 Å². The van der Waals surface area contributed by atoms with Gasteiger partial charge in [0.1, 0.15) is 12.1 Å². The van der Waals surface area contributed by atoms with Gasteiger partial charge in [-0.25, -0.2) is 14.4 Å². The Morgan fingerprint density at radius 3 is 2.43 bits per heavy atom. The molecular weight excluding hydrogens is 278 g/mol. The number of hydrogen-bond acceptors (Lipinski definition) is 4. The van der Waals surface area contributed by atoms with Crippen LogP contribution in [-0.4, -0.2) is 41.9 Å². The maximum Gasteiger partial charge on any atom is 0.404 e. The molecule has 0 aromatic rings. The fourth-order valence-corrected chi connectivity index (χ4v) is 2.55. The number of nitrogens with two attached hydrogens (primary N) is 1. The van der Waals surface area contributed by atoms with Crippen LogP contribution >= 0.6 is 0 Å². The molecule has 1 rings (SSSR count). The summed E-state index contributed by atoms with van der Waals surface area (Å²) >= 11 is 0. The van der Waals surface area contributed by atoms with Crippen LogP contribution in [0.15, 0.2) is 0 Å². The number of hydrogen-bond donors (Lipinski definition) is 4. The molecule has 0 spiro atoms. The van der Waals surface area contributed by atoms with E-state index in [2.05, 4.69) is 22.3 Å². The Bertz CT molecular complexity index is 391. The van der Waals surface area contributed by atoms with Crippen molar-refractivity contribution in [1.29, 1.82) is 0 Å². The molecular formula is C13H23N3O5. The zero-order valence-electron chi connectivity index (χ0n) is 12.2. The number of carboxylic acid groups (broad SMARTS) is 1. The molecule has 0 heterocycles. The zero-order valence-corrected chi connectivity index (χ0v) is 12.2. The molecule has 1 saturated carbocycles. The van der Waals surface area contributed by atoms with Crippen LogP contribution in [0.2, 0.25) is 0 Å². The maximum atomic E-state index is 11.8. The van der Waals surface area contributed by atoms with Crippen LogP contribution in [0, 0.1) is 5.92 Å². The highest BCUT2D eigenvalue weighted by Crippen LogP contribution is 2.33. The molecule has 5 N–H and O–H groups in total. The molecule has 1 aliphatic rings. The topological polar surface area (TPSA) is 131 Å². The van der Waals surface area contributed by atoms with Gasteiger partial charge in [-0.05, 0) is 31.6 Å². The molecule has 1 aliphatic carbocycles. The van der Waals surface area contributed by atoms with Gasteiger partial charge in [0.2, 0.25) is 0 Å². The molecule has 0 aromatic heterocycles.